The molecule has 0 aromatic rings. The van der Waals surface area contributed by atoms with E-state index in [0.29, 0.717) is 12.1 Å². The summed E-state index contributed by atoms with van der Waals surface area (Å²) in [4.78, 5) is 2.31. The van der Waals surface area contributed by atoms with E-state index in [1.54, 1.807) is 0 Å². The number of hydrogen-bond acceptors (Lipinski definition) is 1. The molecule has 0 bridgehead atoms. The Morgan fingerprint density at radius 3 is 1.40 bits per heavy atom. The van der Waals surface area contributed by atoms with Crippen molar-refractivity contribution >= 4 is 0 Å². The van der Waals surface area contributed by atoms with Crippen molar-refractivity contribution in [1.82, 2.24) is 4.90 Å². The highest BCUT2D eigenvalue weighted by Gasteiger charge is 2.10. The summed E-state index contributed by atoms with van der Waals surface area (Å²) in [5.41, 5.74) is 1.16. The number of nitrogens with zero attached hydrogens (tertiary/aromatic N) is 1. The van der Waals surface area contributed by atoms with Crippen molar-refractivity contribution in [2.75, 3.05) is 0 Å². The lowest BCUT2D eigenvalue weighted by molar-refractivity contribution is 0.233. The molecule has 0 N–H and O–H groups in total. The Morgan fingerprint density at radius 1 is 1.10 bits per heavy atom. The SMILES string of the molecule is C=C(C)N(C(C)C)C(C)C. The van der Waals surface area contributed by atoms with Gasteiger partial charge in [0, 0.05) is 17.8 Å². The van der Waals surface area contributed by atoms with Crippen LogP contribution in [-0.2, 0) is 0 Å². The molecule has 0 amide bonds. The van der Waals surface area contributed by atoms with Crippen molar-refractivity contribution in [2.45, 2.75) is 46.7 Å². The lowest BCUT2D eigenvalue weighted by Crippen LogP contribution is -2.34. The Morgan fingerprint density at radius 2 is 1.40 bits per heavy atom. The second kappa shape index (κ2) is 3.65. The summed E-state index contributed by atoms with van der Waals surface area (Å²) in [6.07, 6.45) is 0. The number of rotatable bonds is 3. The summed E-state index contributed by atoms with van der Waals surface area (Å²) in [5, 5.41) is 0. The van der Waals surface area contributed by atoms with Crippen molar-refractivity contribution in [3.63, 3.8) is 0 Å². The molecule has 0 saturated carbocycles. The molecule has 0 aromatic heterocycles. The molecule has 0 rings (SSSR count). The topological polar surface area (TPSA) is 3.24 Å². The largest absolute Gasteiger partial charge is 0.371 e. The van der Waals surface area contributed by atoms with Crippen LogP contribution in [0.15, 0.2) is 12.3 Å². The van der Waals surface area contributed by atoms with E-state index in [9.17, 15) is 0 Å². The Hall–Kier alpha value is -0.460. The van der Waals surface area contributed by atoms with E-state index in [4.69, 9.17) is 0 Å². The van der Waals surface area contributed by atoms with Crippen molar-refractivity contribution in [2.24, 2.45) is 0 Å². The molecule has 0 aliphatic rings. The Kier molecular flexibility index (Phi) is 3.48. The van der Waals surface area contributed by atoms with Gasteiger partial charge in [-0.05, 0) is 34.6 Å². The lowest BCUT2D eigenvalue weighted by atomic mass is 10.2. The molecule has 1 heteroatoms. The average molecular weight is 141 g/mol. The van der Waals surface area contributed by atoms with Crippen molar-refractivity contribution in [3.8, 4) is 0 Å². The molecule has 0 fully saturated rings. The second-order valence-electron chi connectivity index (χ2n) is 3.33. The maximum Gasteiger partial charge on any atom is 0.0232 e. The van der Waals surface area contributed by atoms with E-state index in [1.807, 2.05) is 0 Å². The van der Waals surface area contributed by atoms with Crippen LogP contribution in [0.25, 0.3) is 0 Å². The molecule has 0 heterocycles. The van der Waals surface area contributed by atoms with Gasteiger partial charge in [0.25, 0.3) is 0 Å². The molecular weight excluding hydrogens is 122 g/mol. The van der Waals surface area contributed by atoms with E-state index >= 15 is 0 Å². The van der Waals surface area contributed by atoms with Gasteiger partial charge >= 0.3 is 0 Å². The smallest absolute Gasteiger partial charge is 0.0232 e. The van der Waals surface area contributed by atoms with E-state index in [0.717, 1.165) is 5.70 Å². The first kappa shape index (κ1) is 9.54. The highest BCUT2D eigenvalue weighted by Crippen LogP contribution is 2.10. The zero-order valence-corrected chi connectivity index (χ0v) is 7.81. The van der Waals surface area contributed by atoms with Crippen LogP contribution in [0.5, 0.6) is 0 Å². The first-order chi connectivity index (χ1) is 4.46. The molecule has 0 aliphatic carbocycles. The van der Waals surface area contributed by atoms with Gasteiger partial charge in [0.1, 0.15) is 0 Å². The van der Waals surface area contributed by atoms with E-state index in [1.165, 1.54) is 0 Å². The van der Waals surface area contributed by atoms with Crippen LogP contribution in [0.2, 0.25) is 0 Å². The van der Waals surface area contributed by atoms with Gasteiger partial charge in [-0.15, -0.1) is 0 Å². The minimum atomic E-state index is 0.567. The van der Waals surface area contributed by atoms with Crippen LogP contribution < -0.4 is 0 Å². The monoisotopic (exact) mass is 141 g/mol. The van der Waals surface area contributed by atoms with Gasteiger partial charge in [0.15, 0.2) is 0 Å². The van der Waals surface area contributed by atoms with Crippen LogP contribution in [0.3, 0.4) is 0 Å². The summed E-state index contributed by atoms with van der Waals surface area (Å²) >= 11 is 0. The molecule has 0 aromatic carbocycles. The Labute approximate surface area is 64.7 Å². The van der Waals surface area contributed by atoms with Crippen molar-refractivity contribution < 1.29 is 0 Å². The number of allylic oxidation sites excluding steroid dienone is 1. The molecule has 0 saturated heterocycles. The zero-order chi connectivity index (χ0) is 8.31. The van der Waals surface area contributed by atoms with Gasteiger partial charge in [-0.25, -0.2) is 0 Å². The summed E-state index contributed by atoms with van der Waals surface area (Å²) < 4.78 is 0. The highest BCUT2D eigenvalue weighted by molar-refractivity contribution is 4.92. The molecule has 10 heavy (non-hydrogen) atoms. The third kappa shape index (κ3) is 2.42. The molecule has 0 atom stereocenters. The third-order valence-electron chi connectivity index (χ3n) is 1.55. The van der Waals surface area contributed by atoms with Gasteiger partial charge in [0.2, 0.25) is 0 Å². The molecule has 60 valence electrons. The van der Waals surface area contributed by atoms with E-state index < -0.39 is 0 Å². The molecule has 0 unspecified atom stereocenters. The number of hydrogen-bond donors (Lipinski definition) is 0. The minimum absolute atomic E-state index is 0.567. The van der Waals surface area contributed by atoms with Gasteiger partial charge in [-0.3, -0.25) is 0 Å². The van der Waals surface area contributed by atoms with Crippen LogP contribution in [0, 0.1) is 0 Å². The summed E-state index contributed by atoms with van der Waals surface area (Å²) in [6, 6.07) is 1.13. The minimum Gasteiger partial charge on any atom is -0.371 e. The summed E-state index contributed by atoms with van der Waals surface area (Å²) in [7, 11) is 0. The first-order valence-corrected chi connectivity index (χ1v) is 3.90. The fraction of sp³-hybridized carbons (Fsp3) is 0.778. The molecule has 0 radical (unpaired) electrons. The maximum absolute atomic E-state index is 3.92. The first-order valence-electron chi connectivity index (χ1n) is 3.90. The van der Waals surface area contributed by atoms with Crippen LogP contribution >= 0.6 is 0 Å². The quantitative estimate of drug-likeness (QED) is 0.584. The fourth-order valence-corrected chi connectivity index (χ4v) is 1.48. The molecule has 1 nitrogen and oxygen atoms in total. The maximum atomic E-state index is 3.92. The standard InChI is InChI=1S/C9H19N/c1-7(2)10(8(3)4)9(5)6/h8-9H,1H2,2-6H3. The van der Waals surface area contributed by atoms with Crippen LogP contribution in [0.1, 0.15) is 34.6 Å². The second-order valence-corrected chi connectivity index (χ2v) is 3.33. The third-order valence-corrected chi connectivity index (χ3v) is 1.55. The van der Waals surface area contributed by atoms with Crippen LogP contribution in [-0.4, -0.2) is 17.0 Å². The molecular formula is C9H19N. The summed E-state index contributed by atoms with van der Waals surface area (Å²) in [6.45, 7) is 14.7. The summed E-state index contributed by atoms with van der Waals surface area (Å²) in [5.74, 6) is 0. The average Bonchev–Trinajstić information content (AvgIpc) is 1.59. The molecule has 0 aliphatic heterocycles. The van der Waals surface area contributed by atoms with Gasteiger partial charge < -0.3 is 4.90 Å². The molecule has 0 spiro atoms. The van der Waals surface area contributed by atoms with E-state index in [2.05, 4.69) is 46.1 Å². The Bertz CT molecular complexity index is 106. The highest BCUT2D eigenvalue weighted by atomic mass is 15.2. The van der Waals surface area contributed by atoms with Gasteiger partial charge in [0.05, 0.1) is 0 Å². The predicted molar refractivity (Wildman–Crippen MR) is 46.9 cm³/mol. The predicted octanol–water partition coefficient (Wildman–Crippen LogP) is 2.64. The van der Waals surface area contributed by atoms with Gasteiger partial charge in [-0.1, -0.05) is 6.58 Å². The van der Waals surface area contributed by atoms with Crippen molar-refractivity contribution in [1.29, 1.82) is 0 Å². The zero-order valence-electron chi connectivity index (χ0n) is 7.81. The normalized spacial score (nSPS) is 10.7. The fourth-order valence-electron chi connectivity index (χ4n) is 1.48. The van der Waals surface area contributed by atoms with Crippen molar-refractivity contribution in [3.05, 3.63) is 12.3 Å². The Balaban J connectivity index is 4.12. The van der Waals surface area contributed by atoms with E-state index in [-0.39, 0.29) is 0 Å². The van der Waals surface area contributed by atoms with Gasteiger partial charge in [-0.2, -0.15) is 0 Å². The lowest BCUT2D eigenvalue weighted by Gasteiger charge is -2.32. The van der Waals surface area contributed by atoms with Crippen LogP contribution in [0.4, 0.5) is 0 Å².